The van der Waals surface area contributed by atoms with Crippen molar-refractivity contribution in [2.24, 2.45) is 0 Å². The summed E-state index contributed by atoms with van der Waals surface area (Å²) in [4.78, 5) is 12.8. The predicted molar refractivity (Wildman–Crippen MR) is 105 cm³/mol. The first-order chi connectivity index (χ1) is 12.2. The maximum absolute atomic E-state index is 12.8. The highest BCUT2D eigenvalue weighted by Gasteiger charge is 2.24. The molecule has 1 aliphatic heterocycles. The Morgan fingerprint density at radius 2 is 2.00 bits per heavy atom. The Bertz CT molecular complexity index is 697. The van der Waals surface area contributed by atoms with Crippen LogP contribution in [0.1, 0.15) is 66.4 Å². The van der Waals surface area contributed by atoms with Crippen LogP contribution >= 0.6 is 12.4 Å². The molecule has 6 nitrogen and oxygen atoms in total. The number of nitrogens with zero attached hydrogens (tertiary/aromatic N) is 3. The van der Waals surface area contributed by atoms with Gasteiger partial charge in [-0.3, -0.25) is 4.79 Å². The molecule has 26 heavy (non-hydrogen) atoms. The Morgan fingerprint density at radius 3 is 2.65 bits per heavy atom. The van der Waals surface area contributed by atoms with Crippen molar-refractivity contribution in [3.63, 3.8) is 0 Å². The van der Waals surface area contributed by atoms with Gasteiger partial charge in [-0.05, 0) is 44.8 Å². The number of aromatic nitrogens is 3. The van der Waals surface area contributed by atoms with Gasteiger partial charge in [-0.1, -0.05) is 48.9 Å². The van der Waals surface area contributed by atoms with Crippen molar-refractivity contribution < 1.29 is 4.79 Å². The lowest BCUT2D eigenvalue weighted by molar-refractivity contribution is 0.0928. The van der Waals surface area contributed by atoms with Gasteiger partial charge in [0.2, 0.25) is 0 Å². The minimum Gasteiger partial charge on any atom is -0.344 e. The molecule has 2 aromatic rings. The third-order valence-electron chi connectivity index (χ3n) is 4.88. The van der Waals surface area contributed by atoms with Crippen molar-refractivity contribution in [3.05, 3.63) is 47.3 Å². The topological polar surface area (TPSA) is 71.8 Å². The molecule has 0 saturated carbocycles. The molecule has 0 spiro atoms. The molecule has 0 bridgehead atoms. The Balaban J connectivity index is 0.00000243. The molecule has 3 rings (SSSR count). The first-order valence-electron chi connectivity index (χ1n) is 9.19. The molecule has 1 unspecified atom stereocenters. The van der Waals surface area contributed by atoms with Crippen LogP contribution in [-0.4, -0.2) is 34.0 Å². The Hall–Kier alpha value is -1.92. The van der Waals surface area contributed by atoms with Crippen LogP contribution in [0.4, 0.5) is 0 Å². The zero-order valence-corrected chi connectivity index (χ0v) is 16.3. The van der Waals surface area contributed by atoms with Crippen molar-refractivity contribution in [3.8, 4) is 0 Å². The van der Waals surface area contributed by atoms with Crippen LogP contribution in [0.15, 0.2) is 30.3 Å². The third kappa shape index (κ3) is 4.62. The zero-order chi connectivity index (χ0) is 17.6. The van der Waals surface area contributed by atoms with Gasteiger partial charge in [0.1, 0.15) is 0 Å². The van der Waals surface area contributed by atoms with Gasteiger partial charge in [-0.2, -0.15) is 0 Å². The molecular formula is C19H28ClN5O. The van der Waals surface area contributed by atoms with Gasteiger partial charge in [0.15, 0.2) is 5.69 Å². The van der Waals surface area contributed by atoms with E-state index in [-0.39, 0.29) is 24.4 Å². The van der Waals surface area contributed by atoms with Gasteiger partial charge in [0.05, 0.1) is 17.8 Å². The van der Waals surface area contributed by atoms with E-state index >= 15 is 0 Å². The van der Waals surface area contributed by atoms with Crippen molar-refractivity contribution in [2.45, 2.75) is 51.6 Å². The molecule has 1 aromatic heterocycles. The monoisotopic (exact) mass is 377 g/mol. The first-order valence-corrected chi connectivity index (χ1v) is 9.19. The van der Waals surface area contributed by atoms with Crippen LogP contribution in [0.5, 0.6) is 0 Å². The van der Waals surface area contributed by atoms with Gasteiger partial charge >= 0.3 is 0 Å². The largest absolute Gasteiger partial charge is 0.344 e. The van der Waals surface area contributed by atoms with Gasteiger partial charge in [0.25, 0.3) is 5.91 Å². The molecule has 1 atom stereocenters. The molecule has 0 radical (unpaired) electrons. The molecule has 2 N–H and O–H groups in total. The summed E-state index contributed by atoms with van der Waals surface area (Å²) in [6.45, 7) is 6.03. The SMILES string of the molecule is CCCC(NC(=O)c1nnn(C2CCNCC2)c1C)c1ccccc1.Cl. The molecule has 1 amide bonds. The highest BCUT2D eigenvalue weighted by molar-refractivity contribution is 5.93. The zero-order valence-electron chi connectivity index (χ0n) is 15.4. The summed E-state index contributed by atoms with van der Waals surface area (Å²) in [5, 5.41) is 14.9. The summed E-state index contributed by atoms with van der Waals surface area (Å²) >= 11 is 0. The number of rotatable bonds is 6. The second kappa shape index (κ2) is 9.69. The van der Waals surface area contributed by atoms with Crippen LogP contribution in [0, 0.1) is 6.92 Å². The Kier molecular flexibility index (Phi) is 7.60. The highest BCUT2D eigenvalue weighted by atomic mass is 35.5. The number of benzene rings is 1. The van der Waals surface area contributed by atoms with E-state index in [1.165, 1.54) is 0 Å². The Morgan fingerprint density at radius 1 is 1.31 bits per heavy atom. The quantitative estimate of drug-likeness (QED) is 0.810. The first kappa shape index (κ1) is 20.4. The minimum absolute atomic E-state index is 0. The maximum atomic E-state index is 12.8. The fraction of sp³-hybridized carbons (Fsp3) is 0.526. The minimum atomic E-state index is -0.139. The van der Waals surface area contributed by atoms with Gasteiger partial charge in [-0.15, -0.1) is 17.5 Å². The van der Waals surface area contributed by atoms with E-state index in [0.717, 1.165) is 50.0 Å². The standard InChI is InChI=1S/C19H27N5O.ClH/c1-3-7-17(15-8-5-4-6-9-15)21-19(25)18-14(2)24(23-22-18)16-10-12-20-13-11-16;/h4-6,8-9,16-17,20H,3,7,10-13H2,1-2H3,(H,21,25);1H. The summed E-state index contributed by atoms with van der Waals surface area (Å²) in [5.74, 6) is -0.139. The fourth-order valence-electron chi connectivity index (χ4n) is 3.47. The number of amides is 1. The van der Waals surface area contributed by atoms with Crippen LogP contribution in [-0.2, 0) is 0 Å². The van der Waals surface area contributed by atoms with Crippen LogP contribution in [0.3, 0.4) is 0 Å². The van der Waals surface area contributed by atoms with E-state index in [0.29, 0.717) is 11.7 Å². The summed E-state index contributed by atoms with van der Waals surface area (Å²) in [7, 11) is 0. The number of piperidine rings is 1. The number of carbonyl (C=O) groups is 1. The smallest absolute Gasteiger partial charge is 0.274 e. The normalized spacial score (nSPS) is 15.9. The third-order valence-corrected chi connectivity index (χ3v) is 4.88. The van der Waals surface area contributed by atoms with E-state index in [1.807, 2.05) is 29.8 Å². The molecule has 2 heterocycles. The van der Waals surface area contributed by atoms with Gasteiger partial charge in [-0.25, -0.2) is 4.68 Å². The second-order valence-corrected chi connectivity index (χ2v) is 6.67. The van der Waals surface area contributed by atoms with Crippen molar-refractivity contribution >= 4 is 18.3 Å². The highest BCUT2D eigenvalue weighted by Crippen LogP contribution is 2.22. The molecule has 0 aliphatic carbocycles. The van der Waals surface area contributed by atoms with E-state index < -0.39 is 0 Å². The van der Waals surface area contributed by atoms with Crippen LogP contribution in [0.2, 0.25) is 0 Å². The summed E-state index contributed by atoms with van der Waals surface area (Å²) in [6.07, 6.45) is 3.94. The average molecular weight is 378 g/mol. The molecule has 1 fully saturated rings. The van der Waals surface area contributed by atoms with E-state index in [2.05, 4.69) is 40.0 Å². The molecule has 142 valence electrons. The van der Waals surface area contributed by atoms with Gasteiger partial charge < -0.3 is 10.6 Å². The van der Waals surface area contributed by atoms with Crippen molar-refractivity contribution in [1.29, 1.82) is 0 Å². The average Bonchev–Trinajstić information content (AvgIpc) is 3.04. The fourth-order valence-corrected chi connectivity index (χ4v) is 3.47. The lowest BCUT2D eigenvalue weighted by atomic mass is 10.0. The summed E-state index contributed by atoms with van der Waals surface area (Å²) in [5.41, 5.74) is 2.42. The van der Waals surface area contributed by atoms with E-state index in [1.54, 1.807) is 0 Å². The lowest BCUT2D eigenvalue weighted by Crippen LogP contribution is -2.31. The predicted octanol–water partition coefficient (Wildman–Crippen LogP) is 3.20. The van der Waals surface area contributed by atoms with Crippen LogP contribution < -0.4 is 10.6 Å². The number of nitrogens with one attached hydrogen (secondary N) is 2. The second-order valence-electron chi connectivity index (χ2n) is 6.67. The van der Waals surface area contributed by atoms with Crippen molar-refractivity contribution in [2.75, 3.05) is 13.1 Å². The Labute approximate surface area is 161 Å². The molecule has 1 saturated heterocycles. The number of carbonyl (C=O) groups excluding carboxylic acids is 1. The van der Waals surface area contributed by atoms with Crippen molar-refractivity contribution in [1.82, 2.24) is 25.6 Å². The van der Waals surface area contributed by atoms with E-state index in [9.17, 15) is 4.79 Å². The van der Waals surface area contributed by atoms with Gasteiger partial charge in [0, 0.05) is 0 Å². The number of halogens is 1. The lowest BCUT2D eigenvalue weighted by Gasteiger charge is -2.23. The molecule has 1 aromatic carbocycles. The van der Waals surface area contributed by atoms with Crippen LogP contribution in [0.25, 0.3) is 0 Å². The molecular weight excluding hydrogens is 350 g/mol. The summed E-state index contributed by atoms with van der Waals surface area (Å²) < 4.78 is 1.92. The molecule has 1 aliphatic rings. The number of hydrogen-bond donors (Lipinski definition) is 2. The summed E-state index contributed by atoms with van der Waals surface area (Å²) in [6, 6.07) is 10.4. The maximum Gasteiger partial charge on any atom is 0.274 e. The van der Waals surface area contributed by atoms with E-state index in [4.69, 9.17) is 0 Å². The number of hydrogen-bond acceptors (Lipinski definition) is 4. The molecule has 7 heteroatoms.